The van der Waals surface area contributed by atoms with Gasteiger partial charge >= 0.3 is 0 Å². The van der Waals surface area contributed by atoms with E-state index in [-0.39, 0.29) is 18.4 Å². The molecule has 2 amide bonds. The molecule has 2 aliphatic rings. The Morgan fingerprint density at radius 2 is 2.14 bits per heavy atom. The number of amides is 2. The first kappa shape index (κ1) is 18.9. The summed E-state index contributed by atoms with van der Waals surface area (Å²) < 4.78 is 6.45. The van der Waals surface area contributed by atoms with E-state index in [1.54, 1.807) is 16.5 Å². The first-order valence-electron chi connectivity index (χ1n) is 9.41. The number of anilines is 1. The summed E-state index contributed by atoms with van der Waals surface area (Å²) in [5, 5.41) is 5.10. The van der Waals surface area contributed by atoms with Crippen LogP contribution in [-0.2, 0) is 4.79 Å². The molecule has 0 aliphatic carbocycles. The second kappa shape index (κ2) is 7.52. The molecule has 0 radical (unpaired) electrons. The molecule has 0 bridgehead atoms. The van der Waals surface area contributed by atoms with Gasteiger partial charge in [0, 0.05) is 37.5 Å². The third-order valence-corrected chi connectivity index (χ3v) is 6.06. The lowest BCUT2D eigenvalue weighted by atomic mass is 9.90. The van der Waals surface area contributed by atoms with Gasteiger partial charge in [0.25, 0.3) is 5.91 Å². The lowest BCUT2D eigenvalue weighted by molar-refractivity contribution is -0.117. The molecule has 0 saturated carbocycles. The van der Waals surface area contributed by atoms with E-state index < -0.39 is 5.60 Å². The monoisotopic (exact) mass is 400 g/mol. The number of aryl methyl sites for hydroxylation is 1. The smallest absolute Gasteiger partial charge is 0.258 e. The van der Waals surface area contributed by atoms with Crippen LogP contribution in [0.3, 0.4) is 0 Å². The van der Waals surface area contributed by atoms with E-state index in [1.165, 1.54) is 11.3 Å². The first-order chi connectivity index (χ1) is 13.4. The summed E-state index contributed by atoms with van der Waals surface area (Å²) in [6.07, 6.45) is 3.27. The normalized spacial score (nSPS) is 19.1. The van der Waals surface area contributed by atoms with Crippen molar-refractivity contribution in [3.8, 4) is 5.75 Å². The topological polar surface area (TPSA) is 74.8 Å². The van der Waals surface area contributed by atoms with Crippen molar-refractivity contribution in [2.24, 2.45) is 0 Å². The van der Waals surface area contributed by atoms with Crippen LogP contribution in [0.5, 0.6) is 5.75 Å². The Hall–Kier alpha value is -2.45. The van der Waals surface area contributed by atoms with E-state index in [1.807, 2.05) is 25.1 Å². The highest BCUT2D eigenvalue weighted by Gasteiger charge is 2.42. The van der Waals surface area contributed by atoms with Crippen molar-refractivity contribution in [1.29, 1.82) is 0 Å². The van der Waals surface area contributed by atoms with E-state index in [9.17, 15) is 9.59 Å². The minimum atomic E-state index is -0.468. The molecule has 2 aliphatic heterocycles. The molecule has 2 aromatic rings. The number of fused-ring (bicyclic) bond motifs is 1. The largest absolute Gasteiger partial charge is 0.484 e. The summed E-state index contributed by atoms with van der Waals surface area (Å²) >= 11 is 1.35. The van der Waals surface area contributed by atoms with E-state index >= 15 is 0 Å². The van der Waals surface area contributed by atoms with Crippen LogP contribution < -0.4 is 10.1 Å². The van der Waals surface area contributed by atoms with Crippen LogP contribution in [0.2, 0.25) is 0 Å². The number of hydrogen-bond acceptors (Lipinski definition) is 6. The standard InChI is InChI=1S/C20H24N4O3S/c1-14-3-4-16-15(11-14)18(26)24(12-17(25)22-19-21-7-10-28-19)13-20(27-16)5-8-23(2)9-6-20/h3-4,7,10-11H,5-6,8-9,12-13H2,1-2H3,(H,21,22,25). The van der Waals surface area contributed by atoms with Crippen molar-refractivity contribution in [3.63, 3.8) is 0 Å². The number of benzene rings is 1. The zero-order chi connectivity index (χ0) is 19.7. The predicted octanol–water partition coefficient (Wildman–Crippen LogP) is 2.39. The Bertz CT molecular complexity index is 876. The van der Waals surface area contributed by atoms with Crippen LogP contribution in [0.25, 0.3) is 0 Å². The van der Waals surface area contributed by atoms with Gasteiger partial charge in [0.15, 0.2) is 5.13 Å². The maximum Gasteiger partial charge on any atom is 0.258 e. The second-order valence-corrected chi connectivity index (χ2v) is 8.53. The van der Waals surface area contributed by atoms with Gasteiger partial charge in [0.05, 0.1) is 12.1 Å². The van der Waals surface area contributed by atoms with Gasteiger partial charge in [-0.1, -0.05) is 11.6 Å². The molecule has 1 aromatic carbocycles. The van der Waals surface area contributed by atoms with E-state index in [0.717, 1.165) is 31.5 Å². The summed E-state index contributed by atoms with van der Waals surface area (Å²) in [6, 6.07) is 5.68. The number of thiazole rings is 1. The van der Waals surface area contributed by atoms with E-state index in [2.05, 4.69) is 22.2 Å². The molecule has 0 unspecified atom stereocenters. The zero-order valence-electron chi connectivity index (χ0n) is 16.1. The maximum atomic E-state index is 13.3. The molecule has 4 rings (SSSR count). The molecule has 148 valence electrons. The van der Waals surface area contributed by atoms with E-state index in [0.29, 0.717) is 23.0 Å². The molecular weight excluding hydrogens is 376 g/mol. The van der Waals surface area contributed by atoms with Crippen LogP contribution in [0.15, 0.2) is 29.8 Å². The van der Waals surface area contributed by atoms with Crippen LogP contribution in [-0.4, -0.2) is 65.4 Å². The molecule has 1 N–H and O–H groups in total. The quantitative estimate of drug-likeness (QED) is 0.856. The van der Waals surface area contributed by atoms with Crippen LogP contribution in [0.1, 0.15) is 28.8 Å². The second-order valence-electron chi connectivity index (χ2n) is 7.63. The number of rotatable bonds is 3. The van der Waals surface area contributed by atoms with Gasteiger partial charge in [0.1, 0.15) is 17.9 Å². The molecule has 28 heavy (non-hydrogen) atoms. The maximum absolute atomic E-state index is 13.3. The Kier molecular flexibility index (Phi) is 5.07. The highest BCUT2D eigenvalue weighted by atomic mass is 32.1. The summed E-state index contributed by atoms with van der Waals surface area (Å²) in [4.78, 5) is 33.8. The van der Waals surface area contributed by atoms with Gasteiger partial charge in [-0.15, -0.1) is 11.3 Å². The third kappa shape index (κ3) is 3.88. The summed E-state index contributed by atoms with van der Waals surface area (Å²) in [7, 11) is 2.09. The highest BCUT2D eigenvalue weighted by Crippen LogP contribution is 2.35. The molecule has 1 spiro atoms. The first-order valence-corrected chi connectivity index (χ1v) is 10.3. The van der Waals surface area contributed by atoms with Crippen molar-refractivity contribution < 1.29 is 14.3 Å². The molecule has 1 saturated heterocycles. The van der Waals surface area contributed by atoms with Gasteiger partial charge in [0.2, 0.25) is 5.91 Å². The number of aromatic nitrogens is 1. The van der Waals surface area contributed by atoms with Gasteiger partial charge in [-0.2, -0.15) is 0 Å². The minimum Gasteiger partial charge on any atom is -0.484 e. The molecule has 8 heteroatoms. The van der Waals surface area contributed by atoms with Crippen molar-refractivity contribution >= 4 is 28.3 Å². The number of hydrogen-bond donors (Lipinski definition) is 1. The van der Waals surface area contributed by atoms with Crippen molar-refractivity contribution in [3.05, 3.63) is 40.9 Å². The Labute approximate surface area is 168 Å². The predicted molar refractivity (Wildman–Crippen MR) is 108 cm³/mol. The summed E-state index contributed by atoms with van der Waals surface area (Å²) in [5.74, 6) is 0.203. The minimum absolute atomic E-state index is 0.0211. The highest BCUT2D eigenvalue weighted by molar-refractivity contribution is 7.13. The van der Waals surface area contributed by atoms with Crippen LogP contribution in [0.4, 0.5) is 5.13 Å². The Morgan fingerprint density at radius 3 is 2.86 bits per heavy atom. The molecule has 1 fully saturated rings. The Morgan fingerprint density at radius 1 is 1.36 bits per heavy atom. The fourth-order valence-electron chi connectivity index (χ4n) is 3.79. The number of piperidine rings is 1. The van der Waals surface area contributed by atoms with Gasteiger partial charge in [-0.05, 0) is 26.1 Å². The summed E-state index contributed by atoms with van der Waals surface area (Å²) in [5.41, 5.74) is 1.05. The molecule has 1 aromatic heterocycles. The number of likely N-dealkylation sites (tertiary alicyclic amines) is 1. The number of ether oxygens (including phenoxy) is 1. The zero-order valence-corrected chi connectivity index (χ0v) is 16.9. The number of nitrogens with zero attached hydrogens (tertiary/aromatic N) is 3. The Balaban J connectivity index is 1.62. The lowest BCUT2D eigenvalue weighted by Gasteiger charge is -2.41. The third-order valence-electron chi connectivity index (χ3n) is 5.37. The van der Waals surface area contributed by atoms with Crippen LogP contribution in [0, 0.1) is 6.92 Å². The molecule has 0 atom stereocenters. The van der Waals surface area contributed by atoms with Gasteiger partial charge < -0.3 is 19.9 Å². The van der Waals surface area contributed by atoms with E-state index in [4.69, 9.17) is 4.74 Å². The average Bonchev–Trinajstić information content (AvgIpc) is 3.14. The molecule has 7 nitrogen and oxygen atoms in total. The van der Waals surface area contributed by atoms with Crippen molar-refractivity contribution in [2.45, 2.75) is 25.4 Å². The SMILES string of the molecule is Cc1ccc2c(c1)C(=O)N(CC(=O)Nc1nccs1)CC1(CCN(C)CC1)O2. The van der Waals surface area contributed by atoms with Gasteiger partial charge in [-0.3, -0.25) is 9.59 Å². The average molecular weight is 401 g/mol. The van der Waals surface area contributed by atoms with Crippen molar-refractivity contribution in [1.82, 2.24) is 14.8 Å². The molecule has 3 heterocycles. The fraction of sp³-hybridized carbons (Fsp3) is 0.450. The fourth-order valence-corrected chi connectivity index (χ4v) is 4.33. The lowest BCUT2D eigenvalue weighted by Crippen LogP contribution is -2.54. The van der Waals surface area contributed by atoms with Gasteiger partial charge in [-0.25, -0.2) is 4.98 Å². The van der Waals surface area contributed by atoms with Crippen molar-refractivity contribution in [2.75, 3.05) is 38.5 Å². The number of carbonyl (C=O) groups excluding carboxylic acids is 2. The molecular formula is C20H24N4O3S. The number of nitrogens with one attached hydrogen (secondary N) is 1. The van der Waals surface area contributed by atoms with Crippen LogP contribution >= 0.6 is 11.3 Å². The number of carbonyl (C=O) groups is 2. The summed E-state index contributed by atoms with van der Waals surface area (Å²) in [6.45, 7) is 4.12.